The SMILES string of the molecule is CCCC(C)C(F)C1CCNCC1. The highest BCUT2D eigenvalue weighted by Gasteiger charge is 2.27. The summed E-state index contributed by atoms with van der Waals surface area (Å²) in [5.74, 6) is 0.580. The summed E-state index contributed by atoms with van der Waals surface area (Å²) < 4.78 is 13.8. The molecule has 1 fully saturated rings. The third-order valence-corrected chi connectivity index (χ3v) is 3.12. The van der Waals surface area contributed by atoms with Gasteiger partial charge in [0.1, 0.15) is 6.17 Å². The first-order chi connectivity index (χ1) is 6.25. The fourth-order valence-corrected chi connectivity index (χ4v) is 2.24. The van der Waals surface area contributed by atoms with Crippen LogP contribution < -0.4 is 5.32 Å². The van der Waals surface area contributed by atoms with E-state index in [-0.39, 0.29) is 5.92 Å². The Morgan fingerprint density at radius 2 is 2.00 bits per heavy atom. The summed E-state index contributed by atoms with van der Waals surface area (Å²) in [5, 5.41) is 3.27. The van der Waals surface area contributed by atoms with Crippen molar-refractivity contribution in [3.8, 4) is 0 Å². The molecule has 0 radical (unpaired) electrons. The van der Waals surface area contributed by atoms with Crippen LogP contribution in [-0.4, -0.2) is 19.3 Å². The van der Waals surface area contributed by atoms with Crippen molar-refractivity contribution in [2.24, 2.45) is 11.8 Å². The van der Waals surface area contributed by atoms with Gasteiger partial charge >= 0.3 is 0 Å². The smallest absolute Gasteiger partial charge is 0.106 e. The molecule has 1 N–H and O–H groups in total. The predicted octanol–water partition coefficient (Wildman–Crippen LogP) is 2.76. The Kier molecular flexibility index (Phi) is 4.71. The van der Waals surface area contributed by atoms with Crippen molar-refractivity contribution in [2.75, 3.05) is 13.1 Å². The molecule has 1 aliphatic rings. The second kappa shape index (κ2) is 5.58. The van der Waals surface area contributed by atoms with Crippen LogP contribution in [0.25, 0.3) is 0 Å². The van der Waals surface area contributed by atoms with Gasteiger partial charge in [-0.15, -0.1) is 0 Å². The number of halogens is 1. The van der Waals surface area contributed by atoms with Gasteiger partial charge in [-0.2, -0.15) is 0 Å². The van der Waals surface area contributed by atoms with Crippen LogP contribution in [0.15, 0.2) is 0 Å². The van der Waals surface area contributed by atoms with Gasteiger partial charge in [0.25, 0.3) is 0 Å². The van der Waals surface area contributed by atoms with Gasteiger partial charge in [0, 0.05) is 0 Å². The van der Waals surface area contributed by atoms with E-state index in [4.69, 9.17) is 0 Å². The van der Waals surface area contributed by atoms with Crippen LogP contribution in [0.2, 0.25) is 0 Å². The van der Waals surface area contributed by atoms with Gasteiger partial charge < -0.3 is 5.32 Å². The van der Waals surface area contributed by atoms with Crippen LogP contribution >= 0.6 is 0 Å². The molecular weight excluding hydrogens is 165 g/mol. The molecule has 1 aliphatic heterocycles. The molecule has 0 amide bonds. The molecule has 0 aliphatic carbocycles. The second-order valence-corrected chi connectivity index (χ2v) is 4.30. The largest absolute Gasteiger partial charge is 0.317 e. The first-order valence-electron chi connectivity index (χ1n) is 5.60. The molecule has 78 valence electrons. The number of piperidine rings is 1. The van der Waals surface area contributed by atoms with Crippen LogP contribution in [0.1, 0.15) is 39.5 Å². The Hall–Kier alpha value is -0.110. The summed E-state index contributed by atoms with van der Waals surface area (Å²) >= 11 is 0. The minimum absolute atomic E-state index is 0.257. The molecule has 0 aromatic rings. The molecule has 2 unspecified atom stereocenters. The Bertz CT molecular complexity index is 132. The van der Waals surface area contributed by atoms with Gasteiger partial charge in [-0.1, -0.05) is 20.3 Å². The molecule has 13 heavy (non-hydrogen) atoms. The van der Waals surface area contributed by atoms with Crippen molar-refractivity contribution in [1.82, 2.24) is 5.32 Å². The molecular formula is C11H22FN. The van der Waals surface area contributed by atoms with Crippen molar-refractivity contribution >= 4 is 0 Å². The summed E-state index contributed by atoms with van der Waals surface area (Å²) in [6, 6.07) is 0. The summed E-state index contributed by atoms with van der Waals surface area (Å²) in [7, 11) is 0. The lowest BCUT2D eigenvalue weighted by Crippen LogP contribution is -2.34. The highest BCUT2D eigenvalue weighted by Crippen LogP contribution is 2.27. The standard InChI is InChI=1S/C11H22FN/c1-3-4-9(2)11(12)10-5-7-13-8-6-10/h9-11,13H,3-8H2,1-2H3. The fourth-order valence-electron chi connectivity index (χ4n) is 2.24. The van der Waals surface area contributed by atoms with E-state index in [2.05, 4.69) is 19.2 Å². The van der Waals surface area contributed by atoms with Crippen LogP contribution in [0.4, 0.5) is 4.39 Å². The maximum absolute atomic E-state index is 13.8. The van der Waals surface area contributed by atoms with Gasteiger partial charge in [0.15, 0.2) is 0 Å². The van der Waals surface area contributed by atoms with Crippen molar-refractivity contribution in [3.63, 3.8) is 0 Å². The highest BCUT2D eigenvalue weighted by atomic mass is 19.1. The lowest BCUT2D eigenvalue weighted by Gasteiger charge is -2.29. The maximum atomic E-state index is 13.8. The van der Waals surface area contributed by atoms with Crippen molar-refractivity contribution in [2.45, 2.75) is 45.7 Å². The van der Waals surface area contributed by atoms with Crippen LogP contribution in [0, 0.1) is 11.8 Å². The molecule has 1 rings (SSSR count). The minimum Gasteiger partial charge on any atom is -0.317 e. The van der Waals surface area contributed by atoms with E-state index in [0.29, 0.717) is 5.92 Å². The van der Waals surface area contributed by atoms with E-state index in [1.807, 2.05) is 0 Å². The summed E-state index contributed by atoms with van der Waals surface area (Å²) in [4.78, 5) is 0. The third-order valence-electron chi connectivity index (χ3n) is 3.12. The van der Waals surface area contributed by atoms with E-state index in [9.17, 15) is 4.39 Å². The number of hydrogen-bond donors (Lipinski definition) is 1. The number of alkyl halides is 1. The molecule has 1 saturated heterocycles. The monoisotopic (exact) mass is 187 g/mol. The second-order valence-electron chi connectivity index (χ2n) is 4.30. The highest BCUT2D eigenvalue weighted by molar-refractivity contribution is 4.78. The quantitative estimate of drug-likeness (QED) is 0.713. The van der Waals surface area contributed by atoms with E-state index in [0.717, 1.165) is 38.8 Å². The van der Waals surface area contributed by atoms with Crippen molar-refractivity contribution in [1.29, 1.82) is 0 Å². The Morgan fingerprint density at radius 3 is 2.54 bits per heavy atom. The van der Waals surface area contributed by atoms with Gasteiger partial charge in [-0.3, -0.25) is 0 Å². The Morgan fingerprint density at radius 1 is 1.38 bits per heavy atom. The maximum Gasteiger partial charge on any atom is 0.106 e. The van der Waals surface area contributed by atoms with Crippen LogP contribution in [-0.2, 0) is 0 Å². The van der Waals surface area contributed by atoms with Crippen molar-refractivity contribution < 1.29 is 4.39 Å². The zero-order chi connectivity index (χ0) is 9.68. The lowest BCUT2D eigenvalue weighted by molar-refractivity contribution is 0.126. The molecule has 1 nitrogen and oxygen atoms in total. The number of hydrogen-bond acceptors (Lipinski definition) is 1. The van der Waals surface area contributed by atoms with Crippen molar-refractivity contribution in [3.05, 3.63) is 0 Å². The lowest BCUT2D eigenvalue weighted by atomic mass is 9.85. The molecule has 1 heterocycles. The van der Waals surface area contributed by atoms with Gasteiger partial charge in [0.05, 0.1) is 0 Å². The van der Waals surface area contributed by atoms with Gasteiger partial charge in [-0.25, -0.2) is 4.39 Å². The first kappa shape index (κ1) is 11.0. The van der Waals surface area contributed by atoms with E-state index >= 15 is 0 Å². The van der Waals surface area contributed by atoms with E-state index in [1.54, 1.807) is 0 Å². The fraction of sp³-hybridized carbons (Fsp3) is 1.00. The van der Waals surface area contributed by atoms with Crippen LogP contribution in [0.3, 0.4) is 0 Å². The van der Waals surface area contributed by atoms with E-state index < -0.39 is 6.17 Å². The predicted molar refractivity (Wildman–Crippen MR) is 54.6 cm³/mol. The third kappa shape index (κ3) is 3.26. The molecule has 0 bridgehead atoms. The molecule has 0 aromatic heterocycles. The molecule has 0 spiro atoms. The Balaban J connectivity index is 2.31. The zero-order valence-corrected chi connectivity index (χ0v) is 8.85. The number of rotatable bonds is 4. The summed E-state index contributed by atoms with van der Waals surface area (Å²) in [6.45, 7) is 6.19. The normalized spacial score (nSPS) is 24.2. The summed E-state index contributed by atoms with van der Waals surface area (Å²) in [5.41, 5.74) is 0. The average molecular weight is 187 g/mol. The molecule has 0 aromatic carbocycles. The van der Waals surface area contributed by atoms with E-state index in [1.165, 1.54) is 0 Å². The summed E-state index contributed by atoms with van der Waals surface area (Å²) in [6.07, 6.45) is 3.62. The van der Waals surface area contributed by atoms with Gasteiger partial charge in [-0.05, 0) is 44.2 Å². The minimum atomic E-state index is -0.568. The first-order valence-corrected chi connectivity index (χ1v) is 5.60. The molecule has 0 saturated carbocycles. The van der Waals surface area contributed by atoms with Crippen LogP contribution in [0.5, 0.6) is 0 Å². The molecule has 2 heteroatoms. The average Bonchev–Trinajstić information content (AvgIpc) is 2.18. The Labute approximate surface area is 81.1 Å². The molecule has 2 atom stereocenters. The van der Waals surface area contributed by atoms with Gasteiger partial charge in [0.2, 0.25) is 0 Å². The number of nitrogens with one attached hydrogen (secondary N) is 1. The topological polar surface area (TPSA) is 12.0 Å². The zero-order valence-electron chi connectivity index (χ0n) is 8.85.